The van der Waals surface area contributed by atoms with Gasteiger partial charge < -0.3 is 14.8 Å². The minimum absolute atomic E-state index is 0.0813. The Kier molecular flexibility index (Phi) is 5.65. The largest absolute Gasteiger partial charge is 0.345 e. The first-order valence-corrected chi connectivity index (χ1v) is 12.6. The maximum atomic E-state index is 13.4. The summed E-state index contributed by atoms with van der Waals surface area (Å²) in [5.41, 5.74) is 5.11. The zero-order valence-corrected chi connectivity index (χ0v) is 20.6. The van der Waals surface area contributed by atoms with Crippen molar-refractivity contribution in [2.75, 3.05) is 4.90 Å². The number of hydrogen-bond acceptors (Lipinski definition) is 6. The number of carbonyl (C=O) groups is 2. The maximum absolute atomic E-state index is 13.4. The lowest BCUT2D eigenvalue weighted by atomic mass is 9.99. The van der Waals surface area contributed by atoms with Crippen molar-refractivity contribution in [2.45, 2.75) is 18.5 Å². The van der Waals surface area contributed by atoms with Crippen molar-refractivity contribution >= 4 is 39.7 Å². The molecule has 1 aliphatic heterocycles. The highest BCUT2D eigenvalue weighted by molar-refractivity contribution is 7.07. The summed E-state index contributed by atoms with van der Waals surface area (Å²) in [5, 5.41) is 10.1. The van der Waals surface area contributed by atoms with Crippen molar-refractivity contribution < 1.29 is 9.59 Å². The number of carbonyl (C=O) groups excluding carboxylic acids is 2. The van der Waals surface area contributed by atoms with E-state index < -0.39 is 6.04 Å². The van der Waals surface area contributed by atoms with E-state index in [1.165, 1.54) is 22.0 Å². The van der Waals surface area contributed by atoms with E-state index >= 15 is 0 Å². The second kappa shape index (κ2) is 9.14. The van der Waals surface area contributed by atoms with Crippen molar-refractivity contribution in [3.63, 3.8) is 0 Å². The molecule has 10 heteroatoms. The summed E-state index contributed by atoms with van der Waals surface area (Å²) in [5.74, 6) is -0.377. The monoisotopic (exact) mass is 510 g/mol. The Balaban J connectivity index is 1.38. The number of hydrogen-bond donors (Lipinski definition) is 1. The van der Waals surface area contributed by atoms with Gasteiger partial charge in [0.25, 0.3) is 5.91 Å². The summed E-state index contributed by atoms with van der Waals surface area (Å²) in [4.78, 5) is 43.9. The van der Waals surface area contributed by atoms with E-state index in [0.29, 0.717) is 5.69 Å². The maximum Gasteiger partial charge on any atom is 0.271 e. The van der Waals surface area contributed by atoms with Gasteiger partial charge in [-0.3, -0.25) is 14.4 Å². The van der Waals surface area contributed by atoms with Crippen LogP contribution in [0.25, 0.3) is 16.6 Å². The van der Waals surface area contributed by atoms with Crippen LogP contribution in [0.15, 0.2) is 88.7 Å². The fraction of sp³-hybridized carbons (Fsp3) is 0.148. The normalized spacial score (nSPS) is 17.4. The third-order valence-electron chi connectivity index (χ3n) is 6.59. The quantitative estimate of drug-likeness (QED) is 0.390. The third kappa shape index (κ3) is 4.11. The summed E-state index contributed by atoms with van der Waals surface area (Å²) in [6.45, 7) is 0. The molecule has 0 saturated carbocycles. The molecule has 5 aromatic rings. The number of anilines is 1. The van der Waals surface area contributed by atoms with Gasteiger partial charge in [0, 0.05) is 42.2 Å². The molecule has 1 saturated heterocycles. The number of nitrogens with zero attached hydrogens (tertiary/aromatic N) is 5. The van der Waals surface area contributed by atoms with Gasteiger partial charge in [0.2, 0.25) is 11.5 Å². The fourth-order valence-corrected chi connectivity index (χ4v) is 5.38. The number of pyridine rings is 1. The molecule has 2 aromatic carbocycles. The minimum atomic E-state index is -0.423. The Bertz CT molecular complexity index is 1680. The molecule has 1 aliphatic rings. The second-order valence-electron chi connectivity index (χ2n) is 8.91. The third-order valence-corrected chi connectivity index (χ3v) is 7.18. The topological polar surface area (TPSA) is 102 Å². The van der Waals surface area contributed by atoms with Gasteiger partial charge in [-0.1, -0.05) is 30.3 Å². The number of amides is 2. The molecule has 1 fully saturated rings. The first kappa shape index (κ1) is 22.9. The minimum Gasteiger partial charge on any atom is -0.345 e. The van der Waals surface area contributed by atoms with E-state index in [4.69, 9.17) is 0 Å². The highest BCUT2D eigenvalue weighted by Crippen LogP contribution is 2.38. The molecule has 37 heavy (non-hydrogen) atoms. The van der Waals surface area contributed by atoms with Crippen LogP contribution < -0.4 is 15.8 Å². The molecule has 184 valence electrons. The van der Waals surface area contributed by atoms with Crippen molar-refractivity contribution in [1.82, 2.24) is 24.6 Å². The van der Waals surface area contributed by atoms with Gasteiger partial charge in [0.1, 0.15) is 5.69 Å². The van der Waals surface area contributed by atoms with Crippen LogP contribution in [-0.2, 0) is 11.8 Å². The van der Waals surface area contributed by atoms with Gasteiger partial charge in [-0.2, -0.15) is 5.10 Å². The molecular weight excluding hydrogens is 488 g/mol. The Hall–Kier alpha value is -4.57. The zero-order chi connectivity index (χ0) is 25.5. The van der Waals surface area contributed by atoms with E-state index in [2.05, 4.69) is 15.4 Å². The van der Waals surface area contributed by atoms with Crippen LogP contribution in [0.5, 0.6) is 0 Å². The van der Waals surface area contributed by atoms with Crippen molar-refractivity contribution in [3.8, 4) is 5.69 Å². The van der Waals surface area contributed by atoms with Crippen molar-refractivity contribution in [1.29, 1.82) is 0 Å². The number of rotatable bonds is 5. The predicted molar refractivity (Wildman–Crippen MR) is 141 cm³/mol. The van der Waals surface area contributed by atoms with Crippen LogP contribution >= 0.6 is 11.3 Å². The number of aryl methyl sites for hydroxylation is 1. The Labute approximate surface area is 215 Å². The SMILES string of the molecule is Cn1cc(-n2ncc3cc(N4C(=O)C[C@H](NC(=O)c5cscn5)[C@H]4c4ccccc4)ccc32)ccc1=O. The van der Waals surface area contributed by atoms with Crippen LogP contribution in [0.1, 0.15) is 28.5 Å². The lowest BCUT2D eigenvalue weighted by Gasteiger charge is -2.29. The second-order valence-corrected chi connectivity index (χ2v) is 9.63. The van der Waals surface area contributed by atoms with Crippen molar-refractivity contribution in [3.05, 3.63) is 106 Å². The summed E-state index contributed by atoms with van der Waals surface area (Å²) >= 11 is 1.35. The van der Waals surface area contributed by atoms with Crippen LogP contribution in [0.3, 0.4) is 0 Å². The van der Waals surface area contributed by atoms with Gasteiger partial charge in [-0.25, -0.2) is 9.67 Å². The highest BCUT2D eigenvalue weighted by Gasteiger charge is 2.42. The van der Waals surface area contributed by atoms with Gasteiger partial charge in [-0.15, -0.1) is 11.3 Å². The molecule has 0 spiro atoms. The molecular formula is C27H22N6O3S. The number of aromatic nitrogens is 4. The van der Waals surface area contributed by atoms with E-state index in [-0.39, 0.29) is 29.8 Å². The summed E-state index contributed by atoms with van der Waals surface area (Å²) in [7, 11) is 1.70. The number of thiazole rings is 1. The summed E-state index contributed by atoms with van der Waals surface area (Å²) in [6, 6.07) is 17.9. The van der Waals surface area contributed by atoms with Gasteiger partial charge in [0.05, 0.1) is 35.0 Å². The standard InChI is InChI=1S/C27H22N6O3S/c1-31-14-20(8-10-24(31)34)33-23-9-7-19(11-18(23)13-29-33)32-25(35)12-21(26(32)17-5-3-2-4-6-17)30-27(36)22-15-37-16-28-22/h2-11,13-16,21,26H,12H2,1H3,(H,30,36)/t21-,26+/m0/s1. The van der Waals surface area contributed by atoms with Crippen LogP contribution in [0.2, 0.25) is 0 Å². The number of nitrogens with one attached hydrogen (secondary N) is 1. The first-order chi connectivity index (χ1) is 18.0. The molecule has 0 unspecified atom stereocenters. The molecule has 0 aliphatic carbocycles. The average molecular weight is 511 g/mol. The molecule has 1 N–H and O–H groups in total. The molecule has 2 amide bonds. The molecule has 3 aromatic heterocycles. The Morgan fingerprint density at radius 3 is 2.62 bits per heavy atom. The lowest BCUT2D eigenvalue weighted by molar-refractivity contribution is -0.117. The van der Waals surface area contributed by atoms with E-state index in [1.54, 1.807) is 46.0 Å². The molecule has 6 rings (SSSR count). The molecule has 4 heterocycles. The first-order valence-electron chi connectivity index (χ1n) is 11.7. The highest BCUT2D eigenvalue weighted by atomic mass is 32.1. The zero-order valence-electron chi connectivity index (χ0n) is 19.8. The van der Waals surface area contributed by atoms with Gasteiger partial charge >= 0.3 is 0 Å². The number of fused-ring (bicyclic) bond motifs is 1. The lowest BCUT2D eigenvalue weighted by Crippen LogP contribution is -2.40. The molecule has 2 atom stereocenters. The smallest absolute Gasteiger partial charge is 0.271 e. The Morgan fingerprint density at radius 1 is 1.05 bits per heavy atom. The number of benzene rings is 2. The average Bonchev–Trinajstić information content (AvgIpc) is 3.65. The summed E-state index contributed by atoms with van der Waals surface area (Å²) in [6.07, 6.45) is 3.64. The summed E-state index contributed by atoms with van der Waals surface area (Å²) < 4.78 is 3.26. The van der Waals surface area contributed by atoms with Crippen molar-refractivity contribution in [2.24, 2.45) is 7.05 Å². The van der Waals surface area contributed by atoms with E-state index in [0.717, 1.165) is 27.8 Å². The van der Waals surface area contributed by atoms with Crippen LogP contribution in [-0.4, -0.2) is 37.2 Å². The fourth-order valence-electron chi connectivity index (χ4n) is 4.85. The van der Waals surface area contributed by atoms with Gasteiger partial charge in [-0.05, 0) is 29.8 Å². The van der Waals surface area contributed by atoms with Gasteiger partial charge in [0.15, 0.2) is 0 Å². The Morgan fingerprint density at radius 2 is 1.86 bits per heavy atom. The van der Waals surface area contributed by atoms with E-state index in [1.807, 2.05) is 48.5 Å². The molecule has 0 bridgehead atoms. The van der Waals surface area contributed by atoms with Crippen LogP contribution in [0.4, 0.5) is 5.69 Å². The molecule has 0 radical (unpaired) electrons. The van der Waals surface area contributed by atoms with Crippen LogP contribution in [0, 0.1) is 0 Å². The predicted octanol–water partition coefficient (Wildman–Crippen LogP) is 3.46. The van der Waals surface area contributed by atoms with E-state index in [9.17, 15) is 14.4 Å². The molecule has 9 nitrogen and oxygen atoms in total.